The highest BCUT2D eigenvalue weighted by Crippen LogP contribution is 2.27. The van der Waals surface area contributed by atoms with Gasteiger partial charge in [-0.15, -0.1) is 0 Å². The molecule has 1 saturated heterocycles. The monoisotopic (exact) mass is 343 g/mol. The molecule has 1 aliphatic rings. The largest absolute Gasteiger partial charge is 0.278 e. The summed E-state index contributed by atoms with van der Waals surface area (Å²) in [4.78, 5) is 25.6. The molecule has 1 aromatic carbocycles. The Morgan fingerprint density at radius 1 is 1.53 bits per heavy atom. The first-order valence-corrected chi connectivity index (χ1v) is 7.49. The molecule has 1 fully saturated rings. The molecule has 2 amide bonds. The van der Waals surface area contributed by atoms with Gasteiger partial charge in [0.15, 0.2) is 0 Å². The number of carbonyl (C=O) groups is 2. The van der Waals surface area contributed by atoms with Crippen molar-refractivity contribution in [1.29, 1.82) is 0 Å². The number of benzene rings is 1. The SMILES string of the molecule is CCCC1CC(=O)N(C(=O)c2ccc(Cl)cc2Br)C1. The third-order valence-electron chi connectivity index (χ3n) is 3.31. The lowest BCUT2D eigenvalue weighted by Gasteiger charge is -2.15. The highest BCUT2D eigenvalue weighted by Gasteiger charge is 2.34. The molecule has 0 spiro atoms. The van der Waals surface area contributed by atoms with Crippen LogP contribution >= 0.6 is 27.5 Å². The van der Waals surface area contributed by atoms with E-state index in [0.717, 1.165) is 12.8 Å². The summed E-state index contributed by atoms with van der Waals surface area (Å²) in [6.45, 7) is 2.62. The van der Waals surface area contributed by atoms with Crippen LogP contribution in [0, 0.1) is 5.92 Å². The Balaban J connectivity index is 2.18. The molecular weight excluding hydrogens is 330 g/mol. The molecule has 0 radical (unpaired) electrons. The lowest BCUT2D eigenvalue weighted by molar-refractivity contribution is -0.125. The highest BCUT2D eigenvalue weighted by molar-refractivity contribution is 9.10. The fourth-order valence-corrected chi connectivity index (χ4v) is 3.24. The van der Waals surface area contributed by atoms with Crippen molar-refractivity contribution in [3.63, 3.8) is 0 Å². The Labute approximate surface area is 126 Å². The van der Waals surface area contributed by atoms with E-state index in [1.165, 1.54) is 4.90 Å². The molecule has 0 N–H and O–H groups in total. The molecule has 2 rings (SSSR count). The standard InChI is InChI=1S/C14H15BrClNO2/c1-2-3-9-6-13(18)17(8-9)14(19)11-5-4-10(16)7-12(11)15/h4-5,7,9H,2-3,6,8H2,1H3. The van der Waals surface area contributed by atoms with Gasteiger partial charge in [-0.2, -0.15) is 0 Å². The maximum Gasteiger partial charge on any atom is 0.261 e. The Bertz CT molecular complexity index is 518. The molecule has 0 bridgehead atoms. The minimum atomic E-state index is -0.243. The van der Waals surface area contributed by atoms with Gasteiger partial charge in [-0.3, -0.25) is 14.5 Å². The van der Waals surface area contributed by atoms with Crippen LogP contribution in [-0.4, -0.2) is 23.3 Å². The van der Waals surface area contributed by atoms with Crippen LogP contribution in [-0.2, 0) is 4.79 Å². The van der Waals surface area contributed by atoms with Gasteiger partial charge >= 0.3 is 0 Å². The van der Waals surface area contributed by atoms with Gasteiger partial charge in [-0.25, -0.2) is 0 Å². The third-order valence-corrected chi connectivity index (χ3v) is 4.20. The predicted octanol–water partition coefficient (Wildman–Crippen LogP) is 3.89. The summed E-state index contributed by atoms with van der Waals surface area (Å²) < 4.78 is 0.622. The minimum Gasteiger partial charge on any atom is -0.278 e. The number of carbonyl (C=O) groups excluding carboxylic acids is 2. The number of halogens is 2. The summed E-state index contributed by atoms with van der Waals surface area (Å²) in [7, 11) is 0. The number of likely N-dealkylation sites (tertiary alicyclic amines) is 1. The van der Waals surface area contributed by atoms with Gasteiger partial charge < -0.3 is 0 Å². The topological polar surface area (TPSA) is 37.4 Å². The Morgan fingerprint density at radius 3 is 2.89 bits per heavy atom. The Hall–Kier alpha value is -0.870. The van der Waals surface area contributed by atoms with E-state index in [1.807, 2.05) is 0 Å². The lowest BCUT2D eigenvalue weighted by Crippen LogP contribution is -2.32. The van der Waals surface area contributed by atoms with Gasteiger partial charge in [0.1, 0.15) is 0 Å². The number of rotatable bonds is 3. The van der Waals surface area contributed by atoms with Crippen LogP contribution in [0.2, 0.25) is 5.02 Å². The van der Waals surface area contributed by atoms with Crippen molar-refractivity contribution in [3.05, 3.63) is 33.3 Å². The molecule has 1 aromatic rings. The van der Waals surface area contributed by atoms with Crippen molar-refractivity contribution in [3.8, 4) is 0 Å². The van der Waals surface area contributed by atoms with Gasteiger partial charge in [0.25, 0.3) is 5.91 Å². The van der Waals surface area contributed by atoms with Crippen LogP contribution in [0.4, 0.5) is 0 Å². The van der Waals surface area contributed by atoms with Crippen LogP contribution in [0.1, 0.15) is 36.5 Å². The second-order valence-electron chi connectivity index (χ2n) is 4.79. The van der Waals surface area contributed by atoms with Crippen LogP contribution in [0.3, 0.4) is 0 Å². The maximum absolute atomic E-state index is 12.4. The van der Waals surface area contributed by atoms with Crippen LogP contribution < -0.4 is 0 Å². The van der Waals surface area contributed by atoms with E-state index in [9.17, 15) is 9.59 Å². The predicted molar refractivity (Wildman–Crippen MR) is 78.2 cm³/mol. The quantitative estimate of drug-likeness (QED) is 0.780. The van der Waals surface area contributed by atoms with Crippen LogP contribution in [0.15, 0.2) is 22.7 Å². The van der Waals surface area contributed by atoms with Gasteiger partial charge in [0.2, 0.25) is 5.91 Å². The van der Waals surface area contributed by atoms with Crippen LogP contribution in [0.25, 0.3) is 0 Å². The van der Waals surface area contributed by atoms with E-state index >= 15 is 0 Å². The number of imide groups is 1. The van der Waals surface area contributed by atoms with Crippen molar-refractivity contribution in [2.45, 2.75) is 26.2 Å². The molecule has 5 heteroatoms. The number of hydrogen-bond donors (Lipinski definition) is 0. The van der Waals surface area contributed by atoms with E-state index in [-0.39, 0.29) is 11.8 Å². The summed E-state index contributed by atoms with van der Waals surface area (Å²) in [5.41, 5.74) is 0.481. The van der Waals surface area contributed by atoms with E-state index in [2.05, 4.69) is 22.9 Å². The third kappa shape index (κ3) is 3.18. The van der Waals surface area contributed by atoms with E-state index in [4.69, 9.17) is 11.6 Å². The molecule has 3 nitrogen and oxygen atoms in total. The first-order chi connectivity index (χ1) is 9.02. The van der Waals surface area contributed by atoms with Crippen molar-refractivity contribution < 1.29 is 9.59 Å². The summed E-state index contributed by atoms with van der Waals surface area (Å²) in [5, 5.41) is 0.556. The van der Waals surface area contributed by atoms with E-state index in [0.29, 0.717) is 33.9 Å². The molecule has 0 aromatic heterocycles. The smallest absolute Gasteiger partial charge is 0.261 e. The molecule has 1 heterocycles. The zero-order valence-corrected chi connectivity index (χ0v) is 13.0. The fraction of sp³-hybridized carbons (Fsp3) is 0.429. The van der Waals surface area contributed by atoms with Crippen molar-refractivity contribution in [1.82, 2.24) is 4.90 Å². The average Bonchev–Trinajstić information content (AvgIpc) is 2.70. The number of hydrogen-bond acceptors (Lipinski definition) is 2. The zero-order valence-electron chi connectivity index (χ0n) is 10.7. The van der Waals surface area contributed by atoms with Gasteiger partial charge in [-0.1, -0.05) is 24.9 Å². The van der Waals surface area contributed by atoms with Crippen molar-refractivity contribution in [2.75, 3.05) is 6.54 Å². The van der Waals surface area contributed by atoms with Gasteiger partial charge in [-0.05, 0) is 46.5 Å². The summed E-state index contributed by atoms with van der Waals surface area (Å²) >= 11 is 9.17. The Morgan fingerprint density at radius 2 is 2.26 bits per heavy atom. The fourth-order valence-electron chi connectivity index (χ4n) is 2.39. The molecular formula is C14H15BrClNO2. The summed E-state index contributed by atoms with van der Waals surface area (Å²) in [6.07, 6.45) is 2.49. The van der Waals surface area contributed by atoms with E-state index < -0.39 is 0 Å². The first kappa shape index (κ1) is 14.5. The summed E-state index contributed by atoms with van der Waals surface area (Å²) in [6, 6.07) is 4.97. The minimum absolute atomic E-state index is 0.0784. The molecule has 0 aliphatic carbocycles. The molecule has 1 unspecified atom stereocenters. The number of amides is 2. The maximum atomic E-state index is 12.4. The molecule has 19 heavy (non-hydrogen) atoms. The molecule has 1 atom stereocenters. The normalized spacial score (nSPS) is 19.0. The lowest BCUT2D eigenvalue weighted by atomic mass is 10.0. The highest BCUT2D eigenvalue weighted by atomic mass is 79.9. The molecule has 0 saturated carbocycles. The van der Waals surface area contributed by atoms with Gasteiger partial charge in [0.05, 0.1) is 5.56 Å². The van der Waals surface area contributed by atoms with Crippen molar-refractivity contribution in [2.24, 2.45) is 5.92 Å². The van der Waals surface area contributed by atoms with E-state index in [1.54, 1.807) is 18.2 Å². The Kier molecular flexibility index (Phi) is 4.63. The van der Waals surface area contributed by atoms with Crippen molar-refractivity contribution >= 4 is 39.3 Å². The second-order valence-corrected chi connectivity index (χ2v) is 6.08. The second kappa shape index (κ2) is 6.06. The molecule has 1 aliphatic heterocycles. The van der Waals surface area contributed by atoms with Crippen LogP contribution in [0.5, 0.6) is 0 Å². The molecule has 102 valence electrons. The first-order valence-electron chi connectivity index (χ1n) is 6.32. The van der Waals surface area contributed by atoms with Gasteiger partial charge in [0, 0.05) is 22.5 Å². The number of nitrogens with zero attached hydrogens (tertiary/aromatic N) is 1. The zero-order chi connectivity index (χ0) is 14.0. The average molecular weight is 345 g/mol. The summed E-state index contributed by atoms with van der Waals surface area (Å²) in [5.74, 6) is -0.0232.